The second-order valence-corrected chi connectivity index (χ2v) is 5.10. The van der Waals surface area contributed by atoms with Gasteiger partial charge in [-0.2, -0.15) is 0 Å². The SMILES string of the molecule is CCn1cnc(-c2cc(Br)c3c(c2)OCCO3)c1N. The summed E-state index contributed by atoms with van der Waals surface area (Å²) in [6, 6.07) is 3.87. The Labute approximate surface area is 119 Å². The van der Waals surface area contributed by atoms with E-state index in [2.05, 4.69) is 20.9 Å². The number of anilines is 1. The number of hydrogen-bond acceptors (Lipinski definition) is 4. The second kappa shape index (κ2) is 4.77. The zero-order valence-corrected chi connectivity index (χ0v) is 12.1. The van der Waals surface area contributed by atoms with Gasteiger partial charge in [0.05, 0.1) is 10.8 Å². The minimum Gasteiger partial charge on any atom is -0.486 e. The van der Waals surface area contributed by atoms with Crippen LogP contribution in [0.25, 0.3) is 11.3 Å². The largest absolute Gasteiger partial charge is 0.486 e. The third-order valence-corrected chi connectivity index (χ3v) is 3.68. The molecule has 1 aliphatic heterocycles. The number of nitrogens with zero attached hydrogens (tertiary/aromatic N) is 2. The molecule has 0 radical (unpaired) electrons. The normalized spacial score (nSPS) is 13.6. The third kappa shape index (κ3) is 2.06. The van der Waals surface area contributed by atoms with Gasteiger partial charge in [-0.15, -0.1) is 0 Å². The maximum absolute atomic E-state index is 6.09. The van der Waals surface area contributed by atoms with E-state index in [4.69, 9.17) is 15.2 Å². The van der Waals surface area contributed by atoms with Crippen molar-refractivity contribution in [3.05, 3.63) is 22.9 Å². The maximum atomic E-state index is 6.09. The molecule has 2 aromatic rings. The average molecular weight is 324 g/mol. The van der Waals surface area contributed by atoms with Gasteiger partial charge in [-0.05, 0) is 35.0 Å². The van der Waals surface area contributed by atoms with Gasteiger partial charge in [0.25, 0.3) is 0 Å². The van der Waals surface area contributed by atoms with Crippen molar-refractivity contribution in [2.45, 2.75) is 13.5 Å². The molecule has 1 aromatic carbocycles. The Morgan fingerprint density at radius 1 is 1.37 bits per heavy atom. The number of fused-ring (bicyclic) bond motifs is 1. The Balaban J connectivity index is 2.10. The Morgan fingerprint density at radius 2 is 2.16 bits per heavy atom. The zero-order chi connectivity index (χ0) is 13.4. The molecule has 19 heavy (non-hydrogen) atoms. The van der Waals surface area contributed by atoms with Crippen LogP contribution in [-0.4, -0.2) is 22.8 Å². The Morgan fingerprint density at radius 3 is 2.89 bits per heavy atom. The summed E-state index contributed by atoms with van der Waals surface area (Å²) in [6.45, 7) is 3.95. The van der Waals surface area contributed by atoms with Crippen molar-refractivity contribution in [2.75, 3.05) is 18.9 Å². The average Bonchev–Trinajstić information content (AvgIpc) is 2.80. The Hall–Kier alpha value is -1.69. The van der Waals surface area contributed by atoms with Crippen LogP contribution in [0.15, 0.2) is 22.9 Å². The molecule has 0 bridgehead atoms. The molecule has 0 saturated carbocycles. The topological polar surface area (TPSA) is 62.3 Å². The number of ether oxygens (including phenoxy) is 2. The second-order valence-electron chi connectivity index (χ2n) is 4.25. The molecule has 0 fully saturated rings. The molecule has 2 heterocycles. The molecule has 100 valence electrons. The van der Waals surface area contributed by atoms with E-state index in [0.29, 0.717) is 19.0 Å². The number of nitrogen functional groups attached to an aromatic ring is 1. The van der Waals surface area contributed by atoms with Crippen LogP contribution in [0.3, 0.4) is 0 Å². The highest BCUT2D eigenvalue weighted by Gasteiger charge is 2.19. The number of benzene rings is 1. The Kier molecular flexibility index (Phi) is 3.10. The van der Waals surface area contributed by atoms with Crippen LogP contribution >= 0.6 is 15.9 Å². The van der Waals surface area contributed by atoms with Gasteiger partial charge >= 0.3 is 0 Å². The summed E-state index contributed by atoms with van der Waals surface area (Å²) >= 11 is 3.50. The molecule has 0 unspecified atom stereocenters. The fourth-order valence-electron chi connectivity index (χ4n) is 2.11. The highest BCUT2D eigenvalue weighted by atomic mass is 79.9. The van der Waals surface area contributed by atoms with Crippen LogP contribution in [0, 0.1) is 0 Å². The first-order chi connectivity index (χ1) is 9.20. The van der Waals surface area contributed by atoms with Gasteiger partial charge < -0.3 is 19.8 Å². The fourth-order valence-corrected chi connectivity index (χ4v) is 2.67. The lowest BCUT2D eigenvalue weighted by Gasteiger charge is -2.20. The standard InChI is InChI=1S/C13H14BrN3O2/c1-2-17-7-16-11(13(17)15)8-5-9(14)12-10(6-8)18-3-4-19-12/h5-7H,2-4,15H2,1H3. The van der Waals surface area contributed by atoms with E-state index in [1.165, 1.54) is 0 Å². The molecule has 0 atom stereocenters. The van der Waals surface area contributed by atoms with E-state index in [1.807, 2.05) is 23.6 Å². The van der Waals surface area contributed by atoms with Gasteiger partial charge in [0.15, 0.2) is 11.5 Å². The number of halogens is 1. The van der Waals surface area contributed by atoms with E-state index in [9.17, 15) is 0 Å². The van der Waals surface area contributed by atoms with Gasteiger partial charge in [0.1, 0.15) is 24.7 Å². The predicted octanol–water partition coefficient (Wildman–Crippen LogP) is 2.69. The molecule has 0 saturated heterocycles. The minimum absolute atomic E-state index is 0.557. The summed E-state index contributed by atoms with van der Waals surface area (Å²) < 4.78 is 13.9. The van der Waals surface area contributed by atoms with Crippen molar-refractivity contribution in [2.24, 2.45) is 0 Å². The summed E-state index contributed by atoms with van der Waals surface area (Å²) in [5, 5.41) is 0. The number of rotatable bonds is 2. The molecule has 0 aliphatic carbocycles. The number of hydrogen-bond donors (Lipinski definition) is 1. The van der Waals surface area contributed by atoms with Gasteiger partial charge in [-0.3, -0.25) is 0 Å². The first kappa shape index (κ1) is 12.3. The third-order valence-electron chi connectivity index (χ3n) is 3.09. The van der Waals surface area contributed by atoms with E-state index < -0.39 is 0 Å². The van der Waals surface area contributed by atoms with Gasteiger partial charge in [-0.1, -0.05) is 0 Å². The molecular formula is C13H14BrN3O2. The highest BCUT2D eigenvalue weighted by molar-refractivity contribution is 9.10. The van der Waals surface area contributed by atoms with Crippen molar-refractivity contribution in [1.82, 2.24) is 9.55 Å². The quantitative estimate of drug-likeness (QED) is 0.923. The molecule has 1 aromatic heterocycles. The summed E-state index contributed by atoms with van der Waals surface area (Å²) in [4.78, 5) is 4.37. The summed E-state index contributed by atoms with van der Waals surface area (Å²) in [6.07, 6.45) is 1.75. The van der Waals surface area contributed by atoms with Crippen LogP contribution in [-0.2, 0) is 6.54 Å². The van der Waals surface area contributed by atoms with E-state index in [-0.39, 0.29) is 0 Å². The van der Waals surface area contributed by atoms with Crippen LogP contribution in [0.1, 0.15) is 6.92 Å². The molecule has 1 aliphatic rings. The summed E-state index contributed by atoms with van der Waals surface area (Å²) in [5.74, 6) is 2.12. The number of aromatic nitrogens is 2. The molecule has 2 N–H and O–H groups in total. The van der Waals surface area contributed by atoms with Crippen LogP contribution < -0.4 is 15.2 Å². The number of aryl methyl sites for hydroxylation is 1. The van der Waals surface area contributed by atoms with Crippen molar-refractivity contribution < 1.29 is 9.47 Å². The molecule has 3 rings (SSSR count). The van der Waals surface area contributed by atoms with Crippen LogP contribution in [0.2, 0.25) is 0 Å². The maximum Gasteiger partial charge on any atom is 0.175 e. The van der Waals surface area contributed by atoms with E-state index in [0.717, 1.165) is 33.8 Å². The lowest BCUT2D eigenvalue weighted by molar-refractivity contribution is 0.170. The smallest absolute Gasteiger partial charge is 0.175 e. The van der Waals surface area contributed by atoms with Gasteiger partial charge in [-0.25, -0.2) is 4.98 Å². The highest BCUT2D eigenvalue weighted by Crippen LogP contribution is 2.41. The van der Waals surface area contributed by atoms with Crippen LogP contribution in [0.5, 0.6) is 11.5 Å². The monoisotopic (exact) mass is 323 g/mol. The molecule has 6 heteroatoms. The molecule has 0 amide bonds. The van der Waals surface area contributed by atoms with Crippen molar-refractivity contribution >= 4 is 21.7 Å². The minimum atomic E-state index is 0.557. The lowest BCUT2D eigenvalue weighted by atomic mass is 10.1. The van der Waals surface area contributed by atoms with Gasteiger partial charge in [0, 0.05) is 12.1 Å². The lowest BCUT2D eigenvalue weighted by Crippen LogP contribution is -2.15. The van der Waals surface area contributed by atoms with Crippen molar-refractivity contribution in [3.63, 3.8) is 0 Å². The van der Waals surface area contributed by atoms with Crippen molar-refractivity contribution in [1.29, 1.82) is 0 Å². The number of nitrogens with two attached hydrogens (primary N) is 1. The predicted molar refractivity (Wildman–Crippen MR) is 76.4 cm³/mol. The number of imidazole rings is 1. The first-order valence-electron chi connectivity index (χ1n) is 6.10. The van der Waals surface area contributed by atoms with E-state index in [1.54, 1.807) is 6.33 Å². The van der Waals surface area contributed by atoms with E-state index >= 15 is 0 Å². The zero-order valence-electron chi connectivity index (χ0n) is 10.5. The molecular weight excluding hydrogens is 310 g/mol. The Bertz CT molecular complexity index is 625. The van der Waals surface area contributed by atoms with Crippen molar-refractivity contribution in [3.8, 4) is 22.8 Å². The molecule has 5 nitrogen and oxygen atoms in total. The molecule has 0 spiro atoms. The fraction of sp³-hybridized carbons (Fsp3) is 0.308. The first-order valence-corrected chi connectivity index (χ1v) is 6.90. The van der Waals surface area contributed by atoms with Crippen LogP contribution in [0.4, 0.5) is 5.82 Å². The van der Waals surface area contributed by atoms with Gasteiger partial charge in [0.2, 0.25) is 0 Å². The summed E-state index contributed by atoms with van der Waals surface area (Å²) in [7, 11) is 0. The summed E-state index contributed by atoms with van der Waals surface area (Å²) in [5.41, 5.74) is 7.77.